The van der Waals surface area contributed by atoms with E-state index >= 15 is 0 Å². The summed E-state index contributed by atoms with van der Waals surface area (Å²) in [6, 6.07) is 6.85. The summed E-state index contributed by atoms with van der Waals surface area (Å²) in [5.74, 6) is 0.847. The number of carbonyl (C=O) groups is 1. The maximum Gasteiger partial charge on any atom is 0.277 e. The number of aryl methyl sites for hydroxylation is 1. The molecule has 0 aliphatic carbocycles. The largest absolute Gasteiger partial charge is 0.469 e. The standard InChI is InChI=1S/C17H13ClN6O3S/c1-10-12(4-5-26-10)16-22-23-17(27-16)28-7-15(25)21-13-6-11(18)2-3-14(13)24-9-19-8-20-24/h2-6,8-9H,7H2,1H3,(H,21,25). The van der Waals surface area contributed by atoms with Crippen molar-refractivity contribution in [2.75, 3.05) is 11.1 Å². The number of benzene rings is 1. The lowest BCUT2D eigenvalue weighted by atomic mass is 10.2. The van der Waals surface area contributed by atoms with Crippen molar-refractivity contribution in [1.82, 2.24) is 25.0 Å². The van der Waals surface area contributed by atoms with Crippen LogP contribution >= 0.6 is 23.4 Å². The lowest BCUT2D eigenvalue weighted by Crippen LogP contribution is -2.16. The van der Waals surface area contributed by atoms with Crippen LogP contribution in [0, 0.1) is 6.92 Å². The Labute approximate surface area is 168 Å². The Morgan fingerprint density at radius 1 is 1.32 bits per heavy atom. The second-order valence-electron chi connectivity index (χ2n) is 5.60. The molecule has 0 aliphatic heterocycles. The minimum Gasteiger partial charge on any atom is -0.469 e. The summed E-state index contributed by atoms with van der Waals surface area (Å²) in [5.41, 5.74) is 1.89. The normalized spacial score (nSPS) is 10.9. The van der Waals surface area contributed by atoms with E-state index in [9.17, 15) is 4.79 Å². The minimum atomic E-state index is -0.257. The third-order valence-corrected chi connectivity index (χ3v) is 4.77. The molecule has 1 N–H and O–H groups in total. The van der Waals surface area contributed by atoms with Gasteiger partial charge in [-0.3, -0.25) is 4.79 Å². The predicted molar refractivity (Wildman–Crippen MR) is 102 cm³/mol. The van der Waals surface area contributed by atoms with E-state index in [1.807, 2.05) is 0 Å². The Hall–Kier alpha value is -3.11. The highest BCUT2D eigenvalue weighted by molar-refractivity contribution is 7.99. The summed E-state index contributed by atoms with van der Waals surface area (Å²) in [5, 5.41) is 15.6. The topological polar surface area (TPSA) is 112 Å². The molecule has 0 atom stereocenters. The van der Waals surface area contributed by atoms with Crippen molar-refractivity contribution in [2.24, 2.45) is 0 Å². The van der Waals surface area contributed by atoms with E-state index < -0.39 is 0 Å². The SMILES string of the molecule is Cc1occc1-c1nnc(SCC(=O)Nc2cc(Cl)ccc2-n2cncn2)o1. The molecule has 3 aromatic heterocycles. The highest BCUT2D eigenvalue weighted by Crippen LogP contribution is 2.27. The Balaban J connectivity index is 1.43. The number of anilines is 1. The molecule has 4 aromatic rings. The molecule has 9 nitrogen and oxygen atoms in total. The molecule has 11 heteroatoms. The molecule has 0 bridgehead atoms. The molecule has 1 amide bonds. The van der Waals surface area contributed by atoms with E-state index in [4.69, 9.17) is 20.4 Å². The van der Waals surface area contributed by atoms with Crippen LogP contribution in [-0.4, -0.2) is 36.6 Å². The lowest BCUT2D eigenvalue weighted by Gasteiger charge is -2.10. The summed E-state index contributed by atoms with van der Waals surface area (Å²) < 4.78 is 12.3. The summed E-state index contributed by atoms with van der Waals surface area (Å²) in [6.07, 6.45) is 4.49. The van der Waals surface area contributed by atoms with Crippen LogP contribution in [0.4, 0.5) is 5.69 Å². The summed E-state index contributed by atoms with van der Waals surface area (Å²) in [7, 11) is 0. The fourth-order valence-corrected chi connectivity index (χ4v) is 3.17. The number of nitrogens with zero attached hydrogens (tertiary/aromatic N) is 5. The van der Waals surface area contributed by atoms with Gasteiger partial charge in [-0.25, -0.2) is 9.67 Å². The number of nitrogens with one attached hydrogen (secondary N) is 1. The number of aromatic nitrogens is 5. The van der Waals surface area contributed by atoms with Gasteiger partial charge in [0.05, 0.1) is 29.0 Å². The Morgan fingerprint density at radius 3 is 2.96 bits per heavy atom. The van der Waals surface area contributed by atoms with Gasteiger partial charge < -0.3 is 14.2 Å². The first kappa shape index (κ1) is 18.3. The van der Waals surface area contributed by atoms with Gasteiger partial charge in [0, 0.05) is 5.02 Å². The van der Waals surface area contributed by atoms with E-state index in [0.717, 1.165) is 17.3 Å². The van der Waals surface area contributed by atoms with E-state index in [1.165, 1.54) is 17.3 Å². The Morgan fingerprint density at radius 2 is 2.21 bits per heavy atom. The van der Waals surface area contributed by atoms with Gasteiger partial charge >= 0.3 is 0 Å². The Bertz CT molecular complexity index is 1110. The first-order valence-corrected chi connectivity index (χ1v) is 9.41. The van der Waals surface area contributed by atoms with Crippen LogP contribution in [0.5, 0.6) is 0 Å². The summed E-state index contributed by atoms with van der Waals surface area (Å²) >= 11 is 7.18. The molecule has 0 fully saturated rings. The fraction of sp³-hybridized carbons (Fsp3) is 0.118. The molecule has 0 radical (unpaired) electrons. The van der Waals surface area contributed by atoms with Crippen LogP contribution in [0.15, 0.2) is 57.2 Å². The van der Waals surface area contributed by atoms with Crippen LogP contribution in [0.3, 0.4) is 0 Å². The summed E-state index contributed by atoms with van der Waals surface area (Å²) in [4.78, 5) is 16.3. The molecule has 0 spiro atoms. The zero-order chi connectivity index (χ0) is 19.5. The first-order valence-electron chi connectivity index (χ1n) is 8.05. The van der Waals surface area contributed by atoms with E-state index in [2.05, 4.69) is 25.6 Å². The van der Waals surface area contributed by atoms with E-state index in [0.29, 0.717) is 28.0 Å². The molecular formula is C17H13ClN6O3S. The molecule has 0 unspecified atom stereocenters. The van der Waals surface area contributed by atoms with Crippen molar-refractivity contribution >= 4 is 35.0 Å². The molecule has 1 aromatic carbocycles. The highest BCUT2D eigenvalue weighted by Gasteiger charge is 2.15. The molecule has 3 heterocycles. The quantitative estimate of drug-likeness (QED) is 0.474. The van der Waals surface area contributed by atoms with Gasteiger partial charge in [0.1, 0.15) is 18.4 Å². The number of amides is 1. The molecule has 0 saturated heterocycles. The maximum atomic E-state index is 12.4. The third-order valence-electron chi connectivity index (χ3n) is 3.72. The van der Waals surface area contributed by atoms with Gasteiger partial charge in [0.15, 0.2) is 0 Å². The number of hydrogen-bond donors (Lipinski definition) is 1. The van der Waals surface area contributed by atoms with Crippen molar-refractivity contribution in [3.05, 3.63) is 54.0 Å². The fourth-order valence-electron chi connectivity index (χ4n) is 2.44. The average molecular weight is 417 g/mol. The number of carbonyl (C=O) groups excluding carboxylic acids is 1. The molecule has 4 rings (SSSR count). The van der Waals surface area contributed by atoms with Gasteiger partial charge in [-0.2, -0.15) is 5.10 Å². The van der Waals surface area contributed by atoms with Crippen LogP contribution in [-0.2, 0) is 4.79 Å². The number of hydrogen-bond acceptors (Lipinski definition) is 8. The van der Waals surface area contributed by atoms with E-state index in [1.54, 1.807) is 37.5 Å². The van der Waals surface area contributed by atoms with Gasteiger partial charge in [-0.15, -0.1) is 10.2 Å². The molecule has 142 valence electrons. The van der Waals surface area contributed by atoms with Crippen molar-refractivity contribution in [3.8, 4) is 17.1 Å². The third kappa shape index (κ3) is 3.92. The second kappa shape index (κ2) is 7.87. The van der Waals surface area contributed by atoms with Crippen LogP contribution in [0.2, 0.25) is 5.02 Å². The smallest absolute Gasteiger partial charge is 0.277 e. The first-order chi connectivity index (χ1) is 13.6. The van der Waals surface area contributed by atoms with Crippen LogP contribution < -0.4 is 5.32 Å². The second-order valence-corrected chi connectivity index (χ2v) is 6.96. The van der Waals surface area contributed by atoms with Crippen LogP contribution in [0.25, 0.3) is 17.1 Å². The van der Waals surface area contributed by atoms with Crippen LogP contribution in [0.1, 0.15) is 5.76 Å². The molecule has 0 aliphatic rings. The zero-order valence-electron chi connectivity index (χ0n) is 14.5. The van der Waals surface area contributed by atoms with E-state index in [-0.39, 0.29) is 16.9 Å². The van der Waals surface area contributed by atoms with Crippen molar-refractivity contribution in [1.29, 1.82) is 0 Å². The average Bonchev–Trinajstić information content (AvgIpc) is 3.42. The van der Waals surface area contributed by atoms with Gasteiger partial charge in [0.2, 0.25) is 5.91 Å². The van der Waals surface area contributed by atoms with Crippen molar-refractivity contribution < 1.29 is 13.6 Å². The molecular weight excluding hydrogens is 404 g/mol. The van der Waals surface area contributed by atoms with Gasteiger partial charge in [0.25, 0.3) is 11.1 Å². The lowest BCUT2D eigenvalue weighted by molar-refractivity contribution is -0.113. The highest BCUT2D eigenvalue weighted by atomic mass is 35.5. The van der Waals surface area contributed by atoms with Crippen molar-refractivity contribution in [3.63, 3.8) is 0 Å². The summed E-state index contributed by atoms with van der Waals surface area (Å²) in [6.45, 7) is 1.80. The molecule has 28 heavy (non-hydrogen) atoms. The van der Waals surface area contributed by atoms with Gasteiger partial charge in [-0.1, -0.05) is 23.4 Å². The Kier molecular flexibility index (Phi) is 5.13. The number of furan rings is 1. The molecule has 0 saturated carbocycles. The minimum absolute atomic E-state index is 0.0787. The number of thioether (sulfide) groups is 1. The maximum absolute atomic E-state index is 12.4. The van der Waals surface area contributed by atoms with Crippen molar-refractivity contribution in [2.45, 2.75) is 12.1 Å². The monoisotopic (exact) mass is 416 g/mol. The predicted octanol–water partition coefficient (Wildman–Crippen LogP) is 3.60. The number of halogens is 1. The number of rotatable bonds is 6. The van der Waals surface area contributed by atoms with Gasteiger partial charge in [-0.05, 0) is 31.2 Å². The zero-order valence-corrected chi connectivity index (χ0v) is 16.1.